The lowest BCUT2D eigenvalue weighted by Gasteiger charge is -2.16. The number of rotatable bonds is 4. The molecule has 0 aromatic carbocycles. The number of hydrogen-bond acceptors (Lipinski definition) is 5. The highest BCUT2D eigenvalue weighted by molar-refractivity contribution is 5.90. The molecule has 1 unspecified atom stereocenters. The van der Waals surface area contributed by atoms with Gasteiger partial charge in [0.05, 0.1) is 20.6 Å². The van der Waals surface area contributed by atoms with E-state index in [-0.39, 0.29) is 0 Å². The Balaban J connectivity index is 4.66. The Labute approximate surface area is 94.1 Å². The van der Waals surface area contributed by atoms with E-state index < -0.39 is 36.5 Å². The van der Waals surface area contributed by atoms with E-state index in [1.165, 1.54) is 5.32 Å². The molecule has 0 aliphatic rings. The summed E-state index contributed by atoms with van der Waals surface area (Å²) in [6.07, 6.45) is -5.90. The minimum Gasteiger partial charge on any atom is -0.469 e. The first kappa shape index (κ1) is 15.2. The van der Waals surface area contributed by atoms with Crippen molar-refractivity contribution in [3.8, 4) is 0 Å². The Morgan fingerprint density at radius 1 is 1.18 bits per heavy atom. The van der Waals surface area contributed by atoms with Crippen LogP contribution in [0.3, 0.4) is 0 Å². The monoisotopic (exact) mass is 257 g/mol. The summed E-state index contributed by atoms with van der Waals surface area (Å²) in [5.41, 5.74) is 0. The molecule has 0 saturated heterocycles. The maximum atomic E-state index is 11.9. The molecule has 0 rings (SSSR count). The Kier molecular flexibility index (Phi) is 5.42. The van der Waals surface area contributed by atoms with Gasteiger partial charge in [0.15, 0.2) is 0 Å². The molecule has 0 aromatic rings. The second-order valence-electron chi connectivity index (χ2n) is 2.83. The molecule has 1 atom stereocenters. The van der Waals surface area contributed by atoms with E-state index in [0.29, 0.717) is 0 Å². The molecular formula is C8H10F3NO5. The van der Waals surface area contributed by atoms with Crippen LogP contribution in [0.25, 0.3) is 0 Å². The first-order chi connectivity index (χ1) is 7.72. The van der Waals surface area contributed by atoms with E-state index in [1.54, 1.807) is 0 Å². The third kappa shape index (κ3) is 5.18. The first-order valence-electron chi connectivity index (χ1n) is 4.24. The van der Waals surface area contributed by atoms with E-state index >= 15 is 0 Å². The molecular weight excluding hydrogens is 247 g/mol. The highest BCUT2D eigenvalue weighted by Gasteiger charge is 2.41. The van der Waals surface area contributed by atoms with Gasteiger partial charge in [0, 0.05) is 0 Å². The van der Waals surface area contributed by atoms with Crippen LogP contribution in [0.1, 0.15) is 6.42 Å². The number of hydrogen-bond donors (Lipinski definition) is 1. The van der Waals surface area contributed by atoms with Gasteiger partial charge in [0.2, 0.25) is 0 Å². The van der Waals surface area contributed by atoms with E-state index in [0.717, 1.165) is 14.2 Å². The molecule has 0 aliphatic carbocycles. The fourth-order valence-electron chi connectivity index (χ4n) is 0.826. The molecule has 0 aromatic heterocycles. The number of amides is 1. The number of carbonyl (C=O) groups excluding carboxylic acids is 3. The normalized spacial score (nSPS) is 12.5. The summed E-state index contributed by atoms with van der Waals surface area (Å²) < 4.78 is 44.1. The van der Waals surface area contributed by atoms with Gasteiger partial charge in [0.25, 0.3) is 0 Å². The van der Waals surface area contributed by atoms with Crippen LogP contribution in [-0.2, 0) is 23.9 Å². The summed E-state index contributed by atoms with van der Waals surface area (Å²) in [6.45, 7) is 0. The minimum absolute atomic E-state index is 0.745. The third-order valence-corrected chi connectivity index (χ3v) is 1.65. The molecule has 1 amide bonds. The summed E-state index contributed by atoms with van der Waals surface area (Å²) in [5.74, 6) is -4.47. The van der Waals surface area contributed by atoms with Crippen molar-refractivity contribution in [2.75, 3.05) is 14.2 Å². The quantitative estimate of drug-likeness (QED) is 0.703. The van der Waals surface area contributed by atoms with Crippen LogP contribution in [-0.4, -0.2) is 44.3 Å². The van der Waals surface area contributed by atoms with Crippen molar-refractivity contribution >= 4 is 17.8 Å². The molecule has 0 radical (unpaired) electrons. The third-order valence-electron chi connectivity index (χ3n) is 1.65. The smallest absolute Gasteiger partial charge is 0.469 e. The zero-order valence-electron chi connectivity index (χ0n) is 8.96. The molecule has 98 valence electrons. The lowest BCUT2D eigenvalue weighted by atomic mass is 10.2. The molecule has 6 nitrogen and oxygen atoms in total. The van der Waals surface area contributed by atoms with Crippen molar-refractivity contribution in [1.29, 1.82) is 0 Å². The molecule has 17 heavy (non-hydrogen) atoms. The van der Waals surface area contributed by atoms with Gasteiger partial charge < -0.3 is 14.8 Å². The molecule has 0 saturated carbocycles. The average molecular weight is 257 g/mol. The number of carbonyl (C=O) groups is 3. The van der Waals surface area contributed by atoms with Crippen molar-refractivity contribution in [3.63, 3.8) is 0 Å². The summed E-state index contributed by atoms with van der Waals surface area (Å²) in [7, 11) is 1.90. The number of esters is 2. The molecule has 0 spiro atoms. The van der Waals surface area contributed by atoms with Gasteiger partial charge in [-0.3, -0.25) is 9.59 Å². The zero-order valence-corrected chi connectivity index (χ0v) is 8.96. The maximum absolute atomic E-state index is 11.9. The second-order valence-corrected chi connectivity index (χ2v) is 2.83. The lowest BCUT2D eigenvalue weighted by molar-refractivity contribution is -0.176. The summed E-state index contributed by atoms with van der Waals surface area (Å²) in [6, 6.07) is -1.73. The SMILES string of the molecule is COC(=O)CC(NC(=O)C(F)(F)F)C(=O)OC. The highest BCUT2D eigenvalue weighted by Crippen LogP contribution is 2.15. The fraction of sp³-hybridized carbons (Fsp3) is 0.625. The predicted molar refractivity (Wildman–Crippen MR) is 46.6 cm³/mol. The van der Waals surface area contributed by atoms with Gasteiger partial charge in [-0.15, -0.1) is 0 Å². The van der Waals surface area contributed by atoms with Crippen molar-refractivity contribution in [2.24, 2.45) is 0 Å². The van der Waals surface area contributed by atoms with Crippen LogP contribution in [0, 0.1) is 0 Å². The van der Waals surface area contributed by atoms with Gasteiger partial charge >= 0.3 is 24.0 Å². The summed E-state index contributed by atoms with van der Waals surface area (Å²) >= 11 is 0. The van der Waals surface area contributed by atoms with E-state index in [1.807, 2.05) is 0 Å². The molecule has 0 aliphatic heterocycles. The summed E-state index contributed by atoms with van der Waals surface area (Å²) in [4.78, 5) is 32.4. The predicted octanol–water partition coefficient (Wildman–Crippen LogP) is -0.230. The Morgan fingerprint density at radius 3 is 2.06 bits per heavy atom. The number of halogens is 3. The van der Waals surface area contributed by atoms with Crippen LogP contribution in [0.5, 0.6) is 0 Å². The second kappa shape index (κ2) is 6.06. The van der Waals surface area contributed by atoms with E-state index in [9.17, 15) is 27.6 Å². The van der Waals surface area contributed by atoms with E-state index in [4.69, 9.17) is 0 Å². The maximum Gasteiger partial charge on any atom is 0.471 e. The van der Waals surface area contributed by atoms with Gasteiger partial charge in [0.1, 0.15) is 6.04 Å². The van der Waals surface area contributed by atoms with Gasteiger partial charge in [-0.25, -0.2) is 4.79 Å². The molecule has 0 heterocycles. The Morgan fingerprint density at radius 2 is 1.71 bits per heavy atom. The zero-order chi connectivity index (χ0) is 13.6. The topological polar surface area (TPSA) is 81.7 Å². The number of nitrogens with one attached hydrogen (secondary N) is 1. The molecule has 1 N–H and O–H groups in total. The Hall–Kier alpha value is -1.80. The molecule has 0 bridgehead atoms. The lowest BCUT2D eigenvalue weighted by Crippen LogP contribution is -2.48. The van der Waals surface area contributed by atoms with Crippen molar-refractivity contribution in [2.45, 2.75) is 18.6 Å². The number of methoxy groups -OCH3 is 2. The van der Waals surface area contributed by atoms with Crippen molar-refractivity contribution in [3.05, 3.63) is 0 Å². The number of ether oxygens (including phenoxy) is 2. The van der Waals surface area contributed by atoms with Crippen LogP contribution < -0.4 is 5.32 Å². The van der Waals surface area contributed by atoms with Crippen LogP contribution in [0.2, 0.25) is 0 Å². The fourth-order valence-corrected chi connectivity index (χ4v) is 0.826. The molecule has 0 fully saturated rings. The van der Waals surface area contributed by atoms with Crippen molar-refractivity contribution in [1.82, 2.24) is 5.32 Å². The van der Waals surface area contributed by atoms with Crippen LogP contribution in [0.15, 0.2) is 0 Å². The van der Waals surface area contributed by atoms with Crippen LogP contribution >= 0.6 is 0 Å². The molecule has 9 heteroatoms. The minimum atomic E-state index is -5.15. The summed E-state index contributed by atoms with van der Waals surface area (Å²) in [5, 5.41) is 1.33. The Bertz CT molecular complexity index is 315. The number of alkyl halides is 3. The van der Waals surface area contributed by atoms with Crippen LogP contribution in [0.4, 0.5) is 13.2 Å². The average Bonchev–Trinajstić information content (AvgIpc) is 2.25. The van der Waals surface area contributed by atoms with Gasteiger partial charge in [-0.1, -0.05) is 0 Å². The van der Waals surface area contributed by atoms with Gasteiger partial charge in [-0.05, 0) is 0 Å². The van der Waals surface area contributed by atoms with Gasteiger partial charge in [-0.2, -0.15) is 13.2 Å². The highest BCUT2D eigenvalue weighted by atomic mass is 19.4. The van der Waals surface area contributed by atoms with Crippen molar-refractivity contribution < 1.29 is 37.0 Å². The largest absolute Gasteiger partial charge is 0.471 e. The van der Waals surface area contributed by atoms with E-state index in [2.05, 4.69) is 9.47 Å². The first-order valence-corrected chi connectivity index (χ1v) is 4.24. The standard InChI is InChI=1S/C8H10F3NO5/c1-16-5(13)3-4(6(14)17-2)12-7(15)8(9,10)11/h4H,3H2,1-2H3,(H,12,15).